The first kappa shape index (κ1) is 10.1. The lowest BCUT2D eigenvalue weighted by molar-refractivity contribution is 0.523. The van der Waals surface area contributed by atoms with Crippen molar-refractivity contribution in [3.8, 4) is 0 Å². The minimum atomic E-state index is 0.142. The molecular weight excluding hydrogens is 212 g/mol. The summed E-state index contributed by atoms with van der Waals surface area (Å²) in [6.45, 7) is 4.40. The molecule has 0 bridgehead atoms. The molecule has 1 aliphatic heterocycles. The Balaban J connectivity index is 2.04. The van der Waals surface area contributed by atoms with Crippen LogP contribution in [0.5, 0.6) is 0 Å². The molecule has 1 N–H and O–H groups in total. The summed E-state index contributed by atoms with van der Waals surface area (Å²) in [5.41, 5.74) is 1.30. The second kappa shape index (κ2) is 3.95. The molecular formula is C10H14N2S2. The first-order valence-electron chi connectivity index (χ1n) is 4.74. The van der Waals surface area contributed by atoms with E-state index in [0.29, 0.717) is 0 Å². The Morgan fingerprint density at radius 3 is 3.07 bits per heavy atom. The predicted molar refractivity (Wildman–Crippen MR) is 66.5 cm³/mol. The molecule has 1 atom stereocenters. The molecule has 2 rings (SSSR count). The fourth-order valence-electron chi connectivity index (χ4n) is 1.24. The van der Waals surface area contributed by atoms with Crippen LogP contribution in [0.2, 0.25) is 0 Å². The monoisotopic (exact) mass is 226 g/mol. The fraction of sp³-hybridized carbons (Fsp3) is 0.500. The van der Waals surface area contributed by atoms with Crippen molar-refractivity contribution in [3.63, 3.8) is 0 Å². The first-order chi connectivity index (χ1) is 6.72. The summed E-state index contributed by atoms with van der Waals surface area (Å²) < 4.78 is 0. The van der Waals surface area contributed by atoms with Gasteiger partial charge >= 0.3 is 0 Å². The number of aliphatic imine (C=N–C) groups is 1. The third kappa shape index (κ3) is 2.12. The Morgan fingerprint density at radius 1 is 1.64 bits per heavy atom. The van der Waals surface area contributed by atoms with E-state index in [2.05, 4.69) is 41.0 Å². The molecule has 2 nitrogen and oxygen atoms in total. The van der Waals surface area contributed by atoms with Crippen molar-refractivity contribution in [2.45, 2.75) is 25.8 Å². The minimum absolute atomic E-state index is 0.142. The number of amidine groups is 1. The van der Waals surface area contributed by atoms with E-state index >= 15 is 0 Å². The SMILES string of the molecule is CCC1(C)CSC(Nc2ccsc2)=N1. The highest BCUT2D eigenvalue weighted by Gasteiger charge is 2.28. The lowest BCUT2D eigenvalue weighted by Gasteiger charge is -2.15. The van der Waals surface area contributed by atoms with E-state index < -0.39 is 0 Å². The van der Waals surface area contributed by atoms with Crippen molar-refractivity contribution in [1.82, 2.24) is 0 Å². The van der Waals surface area contributed by atoms with Gasteiger partial charge in [0.05, 0.1) is 11.2 Å². The van der Waals surface area contributed by atoms with Gasteiger partial charge in [-0.1, -0.05) is 18.7 Å². The Kier molecular flexibility index (Phi) is 2.83. The Bertz CT molecular complexity index is 332. The summed E-state index contributed by atoms with van der Waals surface area (Å²) in [6, 6.07) is 2.08. The van der Waals surface area contributed by atoms with Crippen molar-refractivity contribution in [2.75, 3.05) is 11.1 Å². The molecule has 0 saturated carbocycles. The van der Waals surface area contributed by atoms with Gasteiger partial charge in [0.15, 0.2) is 5.17 Å². The van der Waals surface area contributed by atoms with Crippen molar-refractivity contribution in [1.29, 1.82) is 0 Å². The van der Waals surface area contributed by atoms with Crippen LogP contribution in [0.15, 0.2) is 21.8 Å². The summed E-state index contributed by atoms with van der Waals surface area (Å²) in [6.07, 6.45) is 1.11. The molecule has 14 heavy (non-hydrogen) atoms. The Labute approximate surface area is 92.8 Å². The van der Waals surface area contributed by atoms with Gasteiger partial charge in [0, 0.05) is 11.1 Å². The van der Waals surface area contributed by atoms with Gasteiger partial charge in [-0.2, -0.15) is 11.3 Å². The molecule has 0 aromatic carbocycles. The van der Waals surface area contributed by atoms with Gasteiger partial charge in [-0.15, -0.1) is 0 Å². The number of anilines is 1. The number of nitrogens with zero attached hydrogens (tertiary/aromatic N) is 1. The molecule has 0 amide bonds. The quantitative estimate of drug-likeness (QED) is 0.835. The molecule has 2 heterocycles. The number of hydrogen-bond acceptors (Lipinski definition) is 4. The predicted octanol–water partition coefficient (Wildman–Crippen LogP) is 3.43. The van der Waals surface area contributed by atoms with E-state index in [1.165, 1.54) is 0 Å². The molecule has 76 valence electrons. The number of hydrogen-bond donors (Lipinski definition) is 1. The van der Waals surface area contributed by atoms with Crippen LogP contribution in [0.25, 0.3) is 0 Å². The zero-order valence-electron chi connectivity index (χ0n) is 8.41. The zero-order valence-corrected chi connectivity index (χ0v) is 10.0. The van der Waals surface area contributed by atoms with Crippen LogP contribution in [0.1, 0.15) is 20.3 Å². The maximum atomic E-state index is 4.69. The van der Waals surface area contributed by atoms with E-state index in [4.69, 9.17) is 0 Å². The molecule has 0 aliphatic carbocycles. The van der Waals surface area contributed by atoms with Gasteiger partial charge in [-0.25, -0.2) is 0 Å². The molecule has 0 radical (unpaired) electrons. The van der Waals surface area contributed by atoms with Crippen molar-refractivity contribution in [2.24, 2.45) is 4.99 Å². The average molecular weight is 226 g/mol. The minimum Gasteiger partial charge on any atom is -0.334 e. The van der Waals surface area contributed by atoms with E-state index in [9.17, 15) is 0 Å². The molecule has 0 saturated heterocycles. The number of nitrogens with one attached hydrogen (secondary N) is 1. The first-order valence-corrected chi connectivity index (χ1v) is 6.66. The summed E-state index contributed by atoms with van der Waals surface area (Å²) in [4.78, 5) is 4.69. The molecule has 1 unspecified atom stereocenters. The molecule has 4 heteroatoms. The summed E-state index contributed by atoms with van der Waals surface area (Å²) in [5, 5.41) is 8.57. The van der Waals surface area contributed by atoms with Crippen molar-refractivity contribution in [3.05, 3.63) is 16.8 Å². The second-order valence-electron chi connectivity index (χ2n) is 3.69. The van der Waals surface area contributed by atoms with Crippen molar-refractivity contribution < 1.29 is 0 Å². The molecule has 1 aliphatic rings. The van der Waals surface area contributed by atoms with Gasteiger partial charge in [-0.05, 0) is 24.8 Å². The van der Waals surface area contributed by atoms with Gasteiger partial charge in [0.2, 0.25) is 0 Å². The van der Waals surface area contributed by atoms with Gasteiger partial charge in [0.25, 0.3) is 0 Å². The number of thiophene rings is 1. The summed E-state index contributed by atoms with van der Waals surface area (Å²) in [5.74, 6) is 1.09. The van der Waals surface area contributed by atoms with E-state index in [1.54, 1.807) is 11.3 Å². The van der Waals surface area contributed by atoms with E-state index in [-0.39, 0.29) is 5.54 Å². The second-order valence-corrected chi connectivity index (χ2v) is 5.44. The summed E-state index contributed by atoms with van der Waals surface area (Å²) >= 11 is 3.52. The standard InChI is InChI=1S/C10H14N2S2/c1-3-10(2)7-14-9(12-10)11-8-4-5-13-6-8/h4-6H,3,7H2,1-2H3,(H,11,12). The van der Waals surface area contributed by atoms with E-state index in [0.717, 1.165) is 23.0 Å². The van der Waals surface area contributed by atoms with Crippen LogP contribution < -0.4 is 5.32 Å². The lowest BCUT2D eigenvalue weighted by Crippen LogP contribution is -2.20. The highest BCUT2D eigenvalue weighted by atomic mass is 32.2. The van der Waals surface area contributed by atoms with E-state index in [1.807, 2.05) is 11.8 Å². The maximum Gasteiger partial charge on any atom is 0.161 e. The normalized spacial score (nSPS) is 26.3. The number of rotatable bonds is 2. The van der Waals surface area contributed by atoms with Crippen LogP contribution >= 0.6 is 23.1 Å². The number of thioether (sulfide) groups is 1. The fourth-order valence-corrected chi connectivity index (χ4v) is 3.02. The average Bonchev–Trinajstić information content (AvgIpc) is 2.78. The topological polar surface area (TPSA) is 24.4 Å². The van der Waals surface area contributed by atoms with Gasteiger partial charge in [-0.3, -0.25) is 4.99 Å². The smallest absolute Gasteiger partial charge is 0.161 e. The third-order valence-electron chi connectivity index (χ3n) is 2.43. The molecule has 1 aromatic heterocycles. The highest BCUT2D eigenvalue weighted by Crippen LogP contribution is 2.30. The van der Waals surface area contributed by atoms with Crippen molar-refractivity contribution >= 4 is 34.0 Å². The van der Waals surface area contributed by atoms with Crippen LogP contribution in [-0.2, 0) is 0 Å². The maximum absolute atomic E-state index is 4.69. The summed E-state index contributed by atoms with van der Waals surface area (Å²) in [7, 11) is 0. The Morgan fingerprint density at radius 2 is 2.50 bits per heavy atom. The van der Waals surface area contributed by atoms with Gasteiger partial charge < -0.3 is 5.32 Å². The van der Waals surface area contributed by atoms with Gasteiger partial charge in [0.1, 0.15) is 0 Å². The molecule has 0 fully saturated rings. The molecule has 0 spiro atoms. The third-order valence-corrected chi connectivity index (χ3v) is 4.34. The Hall–Kier alpha value is -0.480. The zero-order chi connectivity index (χ0) is 10.0. The van der Waals surface area contributed by atoms with Crippen LogP contribution in [0.4, 0.5) is 5.69 Å². The van der Waals surface area contributed by atoms with Crippen LogP contribution in [0, 0.1) is 0 Å². The highest BCUT2D eigenvalue weighted by molar-refractivity contribution is 8.14. The van der Waals surface area contributed by atoms with Crippen LogP contribution in [0.3, 0.4) is 0 Å². The largest absolute Gasteiger partial charge is 0.334 e. The lowest BCUT2D eigenvalue weighted by atomic mass is 10.0. The van der Waals surface area contributed by atoms with Crippen LogP contribution in [-0.4, -0.2) is 16.5 Å². The molecule has 1 aromatic rings.